The van der Waals surface area contributed by atoms with Gasteiger partial charge in [-0.2, -0.15) is 15.1 Å². The number of hydrogen-bond acceptors (Lipinski definition) is 9. The first-order valence-electron chi connectivity index (χ1n) is 9.52. The summed E-state index contributed by atoms with van der Waals surface area (Å²) < 4.78 is 12.9. The molecule has 2 aliphatic heterocycles. The van der Waals surface area contributed by atoms with E-state index < -0.39 is 26.8 Å². The number of anilines is 1. The van der Waals surface area contributed by atoms with Gasteiger partial charge in [0.15, 0.2) is 20.3 Å². The van der Waals surface area contributed by atoms with Crippen LogP contribution in [0.25, 0.3) is 11.0 Å². The molecule has 4 heterocycles. The lowest BCUT2D eigenvalue weighted by Crippen LogP contribution is -2.30. The minimum Gasteiger partial charge on any atom is -0.390 e. The van der Waals surface area contributed by atoms with Crippen molar-refractivity contribution in [1.29, 1.82) is 0 Å². The number of halogens is 1. The monoisotopic (exact) mass is 463 g/mol. The van der Waals surface area contributed by atoms with Crippen molar-refractivity contribution in [3.8, 4) is 0 Å². The first-order chi connectivity index (χ1) is 14.1. The Morgan fingerprint density at radius 1 is 1.31 bits per heavy atom. The molecule has 0 saturated carbocycles. The molecule has 2 aromatic heterocycles. The summed E-state index contributed by atoms with van der Waals surface area (Å²) in [5.74, 6) is 0.972. The number of fused-ring (bicyclic) bond motifs is 1. The highest BCUT2D eigenvalue weighted by molar-refractivity contribution is 7.58. The van der Waals surface area contributed by atoms with Crippen LogP contribution in [0.15, 0.2) is 6.20 Å². The van der Waals surface area contributed by atoms with Crippen LogP contribution >= 0.6 is 28.8 Å². The summed E-state index contributed by atoms with van der Waals surface area (Å²) in [6.07, 6.45) is 3.57. The Labute approximate surface area is 176 Å². The third kappa shape index (κ3) is 4.81. The Morgan fingerprint density at radius 2 is 2.10 bits per heavy atom. The van der Waals surface area contributed by atoms with Gasteiger partial charge in [0, 0.05) is 28.3 Å². The van der Waals surface area contributed by atoms with Crippen molar-refractivity contribution in [2.45, 2.75) is 44.1 Å². The summed E-state index contributed by atoms with van der Waals surface area (Å²) in [7, 11) is -2.09. The van der Waals surface area contributed by atoms with Gasteiger partial charge >= 0.3 is 0 Å². The van der Waals surface area contributed by atoms with E-state index in [0.717, 1.165) is 37.1 Å². The molecule has 2 aliphatic rings. The van der Waals surface area contributed by atoms with Gasteiger partial charge < -0.3 is 29.1 Å². The fourth-order valence-electron chi connectivity index (χ4n) is 3.72. The molecule has 2 saturated heterocycles. The molecule has 2 aromatic rings. The van der Waals surface area contributed by atoms with Crippen molar-refractivity contribution < 1.29 is 24.2 Å². The third-order valence-corrected chi connectivity index (χ3v) is 7.40. The van der Waals surface area contributed by atoms with Crippen molar-refractivity contribution in [3.05, 3.63) is 11.5 Å². The number of piperidine rings is 1. The second-order valence-corrected chi connectivity index (χ2v) is 9.97. The van der Waals surface area contributed by atoms with Crippen LogP contribution in [-0.4, -0.2) is 72.4 Å². The Morgan fingerprint density at radius 3 is 2.86 bits per heavy atom. The molecule has 0 amide bonds. The second-order valence-electron chi connectivity index (χ2n) is 7.09. The van der Waals surface area contributed by atoms with Crippen molar-refractivity contribution in [3.63, 3.8) is 0 Å². The van der Waals surface area contributed by atoms with E-state index in [9.17, 15) is 10.00 Å². The van der Waals surface area contributed by atoms with Crippen LogP contribution in [0.4, 0.5) is 5.82 Å². The van der Waals surface area contributed by atoms with E-state index in [1.54, 1.807) is 10.9 Å². The standard InChI is InChI=1S/C16H24ClN5O5P2/c17-16-19-14(21-4-2-1-3-5-21)10-7-18-22(15(10)20-16)13-6-11(23)12(27-13)8-26-29(25)9-28-24/h7,11-13,23-25,28H,1-6,8-9H2/t11-,12?,13?,29?/m0/s1. The molecular weight excluding hydrogens is 440 g/mol. The van der Waals surface area contributed by atoms with Crippen LogP contribution < -0.4 is 4.90 Å². The number of aromatic nitrogens is 4. The maximum Gasteiger partial charge on any atom is 0.226 e. The smallest absolute Gasteiger partial charge is 0.226 e. The van der Waals surface area contributed by atoms with Gasteiger partial charge in [-0.05, 0) is 30.9 Å². The summed E-state index contributed by atoms with van der Waals surface area (Å²) in [5.41, 5.74) is 0.565. The largest absolute Gasteiger partial charge is 0.390 e. The van der Waals surface area contributed by atoms with Crippen molar-refractivity contribution in [1.82, 2.24) is 19.7 Å². The highest BCUT2D eigenvalue weighted by Crippen LogP contribution is 2.39. The number of nitrogens with zero attached hydrogens (tertiary/aromatic N) is 5. The van der Waals surface area contributed by atoms with Gasteiger partial charge in [-0.15, -0.1) is 0 Å². The summed E-state index contributed by atoms with van der Waals surface area (Å²) >= 11 is 6.20. The predicted molar refractivity (Wildman–Crippen MR) is 111 cm³/mol. The number of aliphatic hydroxyl groups excluding tert-OH is 1. The van der Waals surface area contributed by atoms with E-state index in [0.29, 0.717) is 12.1 Å². The maximum atomic E-state index is 10.4. The van der Waals surface area contributed by atoms with Gasteiger partial charge in [-0.25, -0.2) is 4.68 Å². The number of aliphatic hydroxyl groups is 1. The Balaban J connectivity index is 1.53. The van der Waals surface area contributed by atoms with Gasteiger partial charge in [0.25, 0.3) is 0 Å². The van der Waals surface area contributed by atoms with Crippen molar-refractivity contribution >= 4 is 45.6 Å². The molecule has 3 N–H and O–H groups in total. The molecule has 2 fully saturated rings. The van der Waals surface area contributed by atoms with E-state index in [1.807, 2.05) is 0 Å². The molecule has 0 bridgehead atoms. The number of rotatable bonds is 7. The second kappa shape index (κ2) is 9.62. The van der Waals surface area contributed by atoms with Crippen LogP contribution in [0.5, 0.6) is 0 Å². The van der Waals surface area contributed by atoms with Crippen molar-refractivity contribution in [2.75, 3.05) is 30.5 Å². The summed E-state index contributed by atoms with van der Waals surface area (Å²) in [5, 5.41) is 15.7. The van der Waals surface area contributed by atoms with Crippen LogP contribution in [0.1, 0.15) is 31.9 Å². The molecule has 29 heavy (non-hydrogen) atoms. The molecule has 160 valence electrons. The maximum absolute atomic E-state index is 10.4. The minimum absolute atomic E-state index is 0.0400. The van der Waals surface area contributed by atoms with E-state index in [4.69, 9.17) is 25.8 Å². The van der Waals surface area contributed by atoms with E-state index in [2.05, 4.69) is 20.0 Å². The zero-order chi connectivity index (χ0) is 20.4. The average molecular weight is 464 g/mol. The molecule has 4 unspecified atom stereocenters. The molecule has 4 rings (SSSR count). The molecule has 0 aromatic carbocycles. The lowest BCUT2D eigenvalue weighted by molar-refractivity contribution is -0.0417. The average Bonchev–Trinajstić information content (AvgIpc) is 3.29. The SMILES string of the molecule is OPCP(O)OCC1OC(n2ncc3c(N4CCCCC4)nc(Cl)nc32)C[C@@H]1O. The predicted octanol–water partition coefficient (Wildman–Crippen LogP) is 1.98. The molecule has 10 nitrogen and oxygen atoms in total. The first-order valence-corrected chi connectivity index (χ1v) is 12.5. The summed E-state index contributed by atoms with van der Waals surface area (Å²) in [6.45, 7) is 1.88. The van der Waals surface area contributed by atoms with E-state index in [1.165, 1.54) is 6.42 Å². The summed E-state index contributed by atoms with van der Waals surface area (Å²) in [4.78, 5) is 29.5. The number of hydrogen-bond donors (Lipinski definition) is 3. The lowest BCUT2D eigenvalue weighted by Gasteiger charge is -2.28. The highest BCUT2D eigenvalue weighted by Gasteiger charge is 2.37. The molecule has 5 atom stereocenters. The Hall–Kier alpha value is -0.700. The molecule has 0 radical (unpaired) electrons. The zero-order valence-electron chi connectivity index (χ0n) is 15.7. The Kier molecular flexibility index (Phi) is 7.14. The van der Waals surface area contributed by atoms with Crippen LogP contribution in [-0.2, 0) is 9.26 Å². The van der Waals surface area contributed by atoms with Crippen LogP contribution in [0.3, 0.4) is 0 Å². The fourth-order valence-corrected chi connectivity index (χ4v) is 5.05. The quantitative estimate of drug-likeness (QED) is 0.417. The first kappa shape index (κ1) is 21.5. The molecule has 0 spiro atoms. The van der Waals surface area contributed by atoms with Gasteiger partial charge in [-0.3, -0.25) is 0 Å². The summed E-state index contributed by atoms with van der Waals surface area (Å²) in [6, 6.07) is 0. The molecule has 13 heteroatoms. The van der Waals surface area contributed by atoms with Gasteiger partial charge in [0.1, 0.15) is 11.9 Å². The van der Waals surface area contributed by atoms with Crippen molar-refractivity contribution in [2.24, 2.45) is 0 Å². The van der Waals surface area contributed by atoms with Crippen LogP contribution in [0.2, 0.25) is 5.28 Å². The van der Waals surface area contributed by atoms with Gasteiger partial charge in [0.2, 0.25) is 5.28 Å². The zero-order valence-corrected chi connectivity index (χ0v) is 18.3. The Bertz CT molecular complexity index is 839. The van der Waals surface area contributed by atoms with Gasteiger partial charge in [-0.1, -0.05) is 0 Å². The van der Waals surface area contributed by atoms with E-state index in [-0.39, 0.29) is 26.6 Å². The van der Waals surface area contributed by atoms with E-state index >= 15 is 0 Å². The normalized spacial score (nSPS) is 26.8. The van der Waals surface area contributed by atoms with Gasteiger partial charge in [0.05, 0.1) is 30.2 Å². The fraction of sp³-hybridized carbons (Fsp3) is 0.688. The molecule has 0 aliphatic carbocycles. The highest BCUT2D eigenvalue weighted by atomic mass is 35.5. The number of ether oxygens (including phenoxy) is 1. The minimum atomic E-state index is -1.71. The lowest BCUT2D eigenvalue weighted by atomic mass is 10.1. The molecular formula is C16H24ClN5O5P2. The van der Waals surface area contributed by atoms with Crippen LogP contribution in [0, 0.1) is 0 Å². The third-order valence-electron chi connectivity index (χ3n) is 5.13. The topological polar surface area (TPSA) is 126 Å².